The van der Waals surface area contributed by atoms with E-state index >= 15 is 0 Å². The Hall–Kier alpha value is -2.69. The van der Waals surface area contributed by atoms with Crippen LogP contribution in [0.2, 0.25) is 0 Å². The Bertz CT molecular complexity index is 758. The number of rotatable bonds is 2. The first-order valence-electron chi connectivity index (χ1n) is 7.00. The molecule has 1 aliphatic heterocycles. The van der Waals surface area contributed by atoms with Crippen LogP contribution in [0.5, 0.6) is 0 Å². The Labute approximate surface area is 127 Å². The summed E-state index contributed by atoms with van der Waals surface area (Å²) in [6, 6.07) is 11.5. The number of carbonyl (C=O) groups is 2. The molecule has 0 aliphatic carbocycles. The number of carbonyl (C=O) groups excluding carboxylic acids is 2. The topological polar surface area (TPSA) is 58.2 Å². The zero-order chi connectivity index (χ0) is 15.7. The summed E-state index contributed by atoms with van der Waals surface area (Å²) in [5.41, 5.74) is 2.70. The minimum atomic E-state index is -0.620. The summed E-state index contributed by atoms with van der Waals surface area (Å²) >= 11 is 0. The van der Waals surface area contributed by atoms with Gasteiger partial charge in [-0.05, 0) is 42.3 Å². The number of hydrogen-bond donors (Lipinski definition) is 2. The highest BCUT2D eigenvalue weighted by atomic mass is 19.1. The van der Waals surface area contributed by atoms with Crippen molar-refractivity contribution in [3.63, 3.8) is 0 Å². The van der Waals surface area contributed by atoms with Gasteiger partial charge >= 0.3 is 0 Å². The van der Waals surface area contributed by atoms with Crippen LogP contribution in [-0.4, -0.2) is 11.8 Å². The molecule has 112 valence electrons. The lowest BCUT2D eigenvalue weighted by molar-refractivity contribution is -0.123. The predicted molar refractivity (Wildman–Crippen MR) is 82.2 cm³/mol. The van der Waals surface area contributed by atoms with Gasteiger partial charge in [0.05, 0.1) is 5.92 Å². The molecule has 2 aromatic carbocycles. The Morgan fingerprint density at radius 3 is 2.86 bits per heavy atom. The van der Waals surface area contributed by atoms with E-state index in [9.17, 15) is 14.0 Å². The molecule has 3 rings (SSSR count). The number of aryl methyl sites for hydroxylation is 1. The summed E-state index contributed by atoms with van der Waals surface area (Å²) in [6.07, 6.45) is 0.0519. The molecule has 2 N–H and O–H groups in total. The van der Waals surface area contributed by atoms with Crippen molar-refractivity contribution >= 4 is 23.2 Å². The van der Waals surface area contributed by atoms with E-state index in [1.54, 1.807) is 12.1 Å². The third-order valence-electron chi connectivity index (χ3n) is 3.66. The normalized spacial score (nSPS) is 16.6. The second-order valence-corrected chi connectivity index (χ2v) is 5.40. The number of fused-ring (bicyclic) bond motifs is 1. The van der Waals surface area contributed by atoms with Crippen molar-refractivity contribution in [2.45, 2.75) is 19.3 Å². The monoisotopic (exact) mass is 298 g/mol. The second kappa shape index (κ2) is 5.60. The van der Waals surface area contributed by atoms with E-state index in [0.717, 1.165) is 5.56 Å². The van der Waals surface area contributed by atoms with E-state index in [0.29, 0.717) is 16.9 Å². The molecule has 5 heteroatoms. The molecule has 0 bridgehead atoms. The molecular formula is C17H15FN2O2. The summed E-state index contributed by atoms with van der Waals surface area (Å²) in [5, 5.41) is 5.42. The maximum absolute atomic E-state index is 13.3. The molecule has 0 fully saturated rings. The maximum atomic E-state index is 13.3. The van der Waals surface area contributed by atoms with Crippen molar-refractivity contribution < 1.29 is 14.0 Å². The fraction of sp³-hybridized carbons (Fsp3) is 0.176. The zero-order valence-electron chi connectivity index (χ0n) is 12.0. The lowest BCUT2D eigenvalue weighted by Gasteiger charge is -2.25. The van der Waals surface area contributed by atoms with Crippen molar-refractivity contribution in [2.24, 2.45) is 0 Å². The fourth-order valence-electron chi connectivity index (χ4n) is 2.62. The Balaban J connectivity index is 1.88. The van der Waals surface area contributed by atoms with Crippen LogP contribution in [-0.2, 0) is 9.59 Å². The third kappa shape index (κ3) is 2.83. The minimum Gasteiger partial charge on any atom is -0.326 e. The van der Waals surface area contributed by atoms with E-state index in [-0.39, 0.29) is 18.2 Å². The minimum absolute atomic E-state index is 0.0519. The smallest absolute Gasteiger partial charge is 0.232 e. The SMILES string of the molecule is Cc1cccc(NC(=O)[C@@H]2CC(=O)Nc3cc(F)ccc32)c1. The van der Waals surface area contributed by atoms with E-state index in [1.807, 2.05) is 25.1 Å². The largest absolute Gasteiger partial charge is 0.326 e. The van der Waals surface area contributed by atoms with Gasteiger partial charge in [0.25, 0.3) is 0 Å². The molecule has 0 aromatic heterocycles. The molecule has 1 atom stereocenters. The lowest BCUT2D eigenvalue weighted by atomic mass is 9.89. The highest BCUT2D eigenvalue weighted by molar-refractivity contribution is 6.05. The lowest BCUT2D eigenvalue weighted by Crippen LogP contribution is -2.30. The first-order valence-corrected chi connectivity index (χ1v) is 7.00. The van der Waals surface area contributed by atoms with Crippen LogP contribution in [0.1, 0.15) is 23.5 Å². The van der Waals surface area contributed by atoms with Crippen LogP contribution >= 0.6 is 0 Å². The fourth-order valence-corrected chi connectivity index (χ4v) is 2.62. The van der Waals surface area contributed by atoms with Gasteiger partial charge in [0.2, 0.25) is 11.8 Å². The zero-order valence-corrected chi connectivity index (χ0v) is 12.0. The standard InChI is InChI=1S/C17H15FN2O2/c1-10-3-2-4-12(7-10)19-17(22)14-9-16(21)20-15-8-11(18)5-6-13(14)15/h2-8,14H,9H2,1H3,(H,19,22)(H,20,21)/t14-/m1/s1. The van der Waals surface area contributed by atoms with Gasteiger partial charge in [0.15, 0.2) is 0 Å². The number of anilines is 2. The van der Waals surface area contributed by atoms with E-state index in [4.69, 9.17) is 0 Å². The number of hydrogen-bond acceptors (Lipinski definition) is 2. The predicted octanol–water partition coefficient (Wildman–Crippen LogP) is 3.20. The van der Waals surface area contributed by atoms with Crippen molar-refractivity contribution in [2.75, 3.05) is 10.6 Å². The Morgan fingerprint density at radius 1 is 1.27 bits per heavy atom. The van der Waals surface area contributed by atoms with Crippen molar-refractivity contribution in [1.29, 1.82) is 0 Å². The van der Waals surface area contributed by atoms with Gasteiger partial charge in [-0.1, -0.05) is 18.2 Å². The molecular weight excluding hydrogens is 283 g/mol. The van der Waals surface area contributed by atoms with Gasteiger partial charge in [-0.15, -0.1) is 0 Å². The first kappa shape index (κ1) is 14.3. The van der Waals surface area contributed by atoms with Gasteiger partial charge in [-0.3, -0.25) is 9.59 Å². The average molecular weight is 298 g/mol. The summed E-state index contributed by atoms with van der Waals surface area (Å²) in [7, 11) is 0. The van der Waals surface area contributed by atoms with Crippen LogP contribution in [0, 0.1) is 12.7 Å². The third-order valence-corrected chi connectivity index (χ3v) is 3.66. The molecule has 2 amide bonds. The van der Waals surface area contributed by atoms with Gasteiger partial charge in [0, 0.05) is 17.8 Å². The van der Waals surface area contributed by atoms with Crippen LogP contribution in [0.4, 0.5) is 15.8 Å². The van der Waals surface area contributed by atoms with E-state index in [1.165, 1.54) is 12.1 Å². The Kier molecular flexibility index (Phi) is 3.63. The van der Waals surface area contributed by atoms with Crippen LogP contribution in [0.3, 0.4) is 0 Å². The van der Waals surface area contributed by atoms with Crippen LogP contribution in [0.25, 0.3) is 0 Å². The van der Waals surface area contributed by atoms with E-state index in [2.05, 4.69) is 10.6 Å². The molecule has 0 radical (unpaired) electrons. The first-order chi connectivity index (χ1) is 10.5. The quantitative estimate of drug-likeness (QED) is 0.894. The highest BCUT2D eigenvalue weighted by Gasteiger charge is 2.30. The van der Waals surface area contributed by atoms with Crippen molar-refractivity contribution in [1.82, 2.24) is 0 Å². The van der Waals surface area contributed by atoms with E-state index < -0.39 is 11.7 Å². The molecule has 4 nitrogen and oxygen atoms in total. The van der Waals surface area contributed by atoms with Gasteiger partial charge in [-0.2, -0.15) is 0 Å². The second-order valence-electron chi connectivity index (χ2n) is 5.40. The molecule has 0 spiro atoms. The number of nitrogens with one attached hydrogen (secondary N) is 2. The molecule has 1 heterocycles. The molecule has 22 heavy (non-hydrogen) atoms. The molecule has 2 aromatic rings. The highest BCUT2D eigenvalue weighted by Crippen LogP contribution is 2.33. The number of benzene rings is 2. The number of amides is 2. The molecule has 0 unspecified atom stereocenters. The van der Waals surface area contributed by atoms with Gasteiger partial charge < -0.3 is 10.6 Å². The van der Waals surface area contributed by atoms with Crippen molar-refractivity contribution in [3.8, 4) is 0 Å². The average Bonchev–Trinajstić information content (AvgIpc) is 2.45. The summed E-state index contributed by atoms with van der Waals surface area (Å²) in [4.78, 5) is 24.2. The molecule has 1 aliphatic rings. The van der Waals surface area contributed by atoms with Gasteiger partial charge in [0.1, 0.15) is 5.82 Å². The summed E-state index contributed by atoms with van der Waals surface area (Å²) in [6.45, 7) is 1.93. The van der Waals surface area contributed by atoms with Crippen LogP contribution < -0.4 is 10.6 Å². The number of halogens is 1. The maximum Gasteiger partial charge on any atom is 0.232 e. The van der Waals surface area contributed by atoms with Gasteiger partial charge in [-0.25, -0.2) is 4.39 Å². The summed E-state index contributed by atoms with van der Waals surface area (Å²) < 4.78 is 13.3. The Morgan fingerprint density at radius 2 is 2.09 bits per heavy atom. The summed E-state index contributed by atoms with van der Waals surface area (Å²) in [5.74, 6) is -1.63. The van der Waals surface area contributed by atoms with Crippen LogP contribution in [0.15, 0.2) is 42.5 Å². The molecule has 0 saturated carbocycles. The molecule has 0 saturated heterocycles. The van der Waals surface area contributed by atoms with Crippen molar-refractivity contribution in [3.05, 3.63) is 59.4 Å².